The molecule has 3 rings (SSSR count). The van der Waals surface area contributed by atoms with Crippen molar-refractivity contribution < 1.29 is 15.0 Å². The monoisotopic (exact) mass is 333 g/mol. The molecular formula is C20H31NO3. The van der Waals surface area contributed by atoms with Crippen LogP contribution in [-0.4, -0.2) is 27.8 Å². The molecule has 3 aliphatic rings. The third-order valence-corrected chi connectivity index (χ3v) is 6.76. The second kappa shape index (κ2) is 5.99. The smallest absolute Gasteiger partial charge is 0.230 e. The number of carbonyl (C=O) groups is 1. The van der Waals surface area contributed by atoms with E-state index in [9.17, 15) is 15.0 Å². The number of fused-ring (bicyclic) bond motifs is 1. The lowest BCUT2D eigenvalue weighted by Crippen LogP contribution is -2.57. The van der Waals surface area contributed by atoms with Crippen LogP contribution in [0, 0.1) is 23.2 Å². The van der Waals surface area contributed by atoms with E-state index in [4.69, 9.17) is 0 Å². The molecular weight excluding hydrogens is 302 g/mol. The average molecular weight is 333 g/mol. The van der Waals surface area contributed by atoms with Gasteiger partial charge < -0.3 is 15.5 Å². The maximum atomic E-state index is 12.5. The van der Waals surface area contributed by atoms with Gasteiger partial charge in [0.1, 0.15) is 5.60 Å². The van der Waals surface area contributed by atoms with Gasteiger partial charge in [0, 0.05) is 11.1 Å². The molecule has 1 amide bonds. The van der Waals surface area contributed by atoms with E-state index in [1.165, 1.54) is 0 Å². The Morgan fingerprint density at radius 2 is 2.00 bits per heavy atom. The molecule has 4 nitrogen and oxygen atoms in total. The Labute approximate surface area is 145 Å². The molecule has 3 N–H and O–H groups in total. The van der Waals surface area contributed by atoms with Crippen molar-refractivity contribution in [3.63, 3.8) is 0 Å². The average Bonchev–Trinajstić information content (AvgIpc) is 2.70. The number of allylic oxidation sites excluding steroid dienone is 1. The summed E-state index contributed by atoms with van der Waals surface area (Å²) in [5.41, 5.74) is 0.238. The predicted molar refractivity (Wildman–Crippen MR) is 93.9 cm³/mol. The second-order valence-corrected chi connectivity index (χ2v) is 8.74. The topological polar surface area (TPSA) is 69.6 Å². The first-order valence-electron chi connectivity index (χ1n) is 9.26. The Hall–Kier alpha value is -1.13. The third-order valence-electron chi connectivity index (χ3n) is 6.76. The predicted octanol–water partition coefficient (Wildman–Crippen LogP) is 2.91. The summed E-state index contributed by atoms with van der Waals surface area (Å²) < 4.78 is 0. The van der Waals surface area contributed by atoms with Gasteiger partial charge >= 0.3 is 0 Å². The van der Waals surface area contributed by atoms with Gasteiger partial charge in [0.2, 0.25) is 5.91 Å². The zero-order valence-corrected chi connectivity index (χ0v) is 15.1. The SMILES string of the molecule is C=C1CC[C@@H]2CCC3C(=O)NC(=CC(C)C[C@@H](O)C1)C3(O)C2(C)C. The van der Waals surface area contributed by atoms with Gasteiger partial charge in [0.05, 0.1) is 12.0 Å². The maximum absolute atomic E-state index is 12.5. The quantitative estimate of drug-likeness (QED) is 0.597. The highest BCUT2D eigenvalue weighted by Crippen LogP contribution is 2.57. The molecule has 0 aromatic heterocycles. The Morgan fingerprint density at radius 1 is 1.29 bits per heavy atom. The van der Waals surface area contributed by atoms with Crippen LogP contribution in [0.1, 0.15) is 59.3 Å². The van der Waals surface area contributed by atoms with E-state index >= 15 is 0 Å². The summed E-state index contributed by atoms with van der Waals surface area (Å²) in [6.45, 7) is 10.4. The minimum atomic E-state index is -1.13. The number of hydrogen-bond acceptors (Lipinski definition) is 3. The lowest BCUT2D eigenvalue weighted by Gasteiger charge is -2.52. The Bertz CT molecular complexity index is 579. The highest BCUT2D eigenvalue weighted by Gasteiger charge is 2.63. The third kappa shape index (κ3) is 2.64. The fourth-order valence-corrected chi connectivity index (χ4v) is 5.22. The molecule has 0 aromatic carbocycles. The van der Waals surface area contributed by atoms with Gasteiger partial charge in [-0.2, -0.15) is 0 Å². The molecule has 2 bridgehead atoms. The zero-order chi connectivity index (χ0) is 17.7. The molecule has 134 valence electrons. The van der Waals surface area contributed by atoms with Crippen LogP contribution in [0.5, 0.6) is 0 Å². The molecule has 2 fully saturated rings. The molecule has 1 saturated heterocycles. The molecule has 2 aliphatic carbocycles. The van der Waals surface area contributed by atoms with E-state index in [1.54, 1.807) is 0 Å². The second-order valence-electron chi connectivity index (χ2n) is 8.74. The standard InChI is InChI=1S/C20H31NO3/c1-12-5-6-14-7-8-16-18(23)21-17(20(16,24)19(14,3)4)11-13(2)10-15(22)9-12/h11,13-16,22,24H,1,5-10H2,2-4H3,(H,21,23)/t13?,14-,15+,16?,20?/m1/s1. The van der Waals surface area contributed by atoms with E-state index in [0.29, 0.717) is 24.5 Å². The van der Waals surface area contributed by atoms with Gasteiger partial charge in [-0.15, -0.1) is 0 Å². The number of aliphatic hydroxyl groups excluding tert-OH is 1. The van der Waals surface area contributed by atoms with E-state index in [1.807, 2.05) is 13.0 Å². The number of amides is 1. The number of aliphatic hydroxyl groups is 2. The Morgan fingerprint density at radius 3 is 2.71 bits per heavy atom. The van der Waals surface area contributed by atoms with Crippen LogP contribution in [0.25, 0.3) is 0 Å². The van der Waals surface area contributed by atoms with Crippen molar-refractivity contribution in [1.82, 2.24) is 5.32 Å². The van der Waals surface area contributed by atoms with E-state index in [2.05, 4.69) is 25.7 Å². The number of rotatable bonds is 0. The summed E-state index contributed by atoms with van der Waals surface area (Å²) in [4.78, 5) is 12.5. The van der Waals surface area contributed by atoms with Crippen molar-refractivity contribution in [2.45, 2.75) is 71.0 Å². The minimum Gasteiger partial charge on any atom is -0.393 e. The molecule has 0 spiro atoms. The number of nitrogens with one attached hydrogen (secondary N) is 1. The van der Waals surface area contributed by atoms with Crippen LogP contribution in [0.4, 0.5) is 0 Å². The highest BCUT2D eigenvalue weighted by atomic mass is 16.3. The number of hydrogen-bond donors (Lipinski definition) is 3. The van der Waals surface area contributed by atoms with Crippen molar-refractivity contribution in [2.24, 2.45) is 23.2 Å². The van der Waals surface area contributed by atoms with Crippen molar-refractivity contribution in [3.05, 3.63) is 23.9 Å². The molecule has 24 heavy (non-hydrogen) atoms. The van der Waals surface area contributed by atoms with Crippen molar-refractivity contribution in [2.75, 3.05) is 0 Å². The van der Waals surface area contributed by atoms with E-state index < -0.39 is 11.7 Å². The Balaban J connectivity index is 2.06. The minimum absolute atomic E-state index is 0.0534. The summed E-state index contributed by atoms with van der Waals surface area (Å²) in [6, 6.07) is 0. The summed E-state index contributed by atoms with van der Waals surface area (Å²) in [6.07, 6.45) is 6.31. The number of carbonyl (C=O) groups excluding carboxylic acids is 1. The maximum Gasteiger partial charge on any atom is 0.230 e. The largest absolute Gasteiger partial charge is 0.393 e. The van der Waals surface area contributed by atoms with Crippen molar-refractivity contribution in [1.29, 1.82) is 0 Å². The first-order valence-corrected chi connectivity index (χ1v) is 9.26. The lowest BCUT2D eigenvalue weighted by atomic mass is 9.54. The highest BCUT2D eigenvalue weighted by molar-refractivity contribution is 5.87. The first-order chi connectivity index (χ1) is 11.2. The van der Waals surface area contributed by atoms with Crippen LogP contribution in [0.2, 0.25) is 0 Å². The first kappa shape index (κ1) is 17.7. The Kier molecular flexibility index (Phi) is 4.42. The molecule has 4 heteroatoms. The molecule has 3 unspecified atom stereocenters. The molecule has 0 radical (unpaired) electrons. The zero-order valence-electron chi connectivity index (χ0n) is 15.1. The molecule has 0 aromatic rings. The van der Waals surface area contributed by atoms with Crippen LogP contribution in [0.3, 0.4) is 0 Å². The molecule has 5 atom stereocenters. The molecule has 1 saturated carbocycles. The summed E-state index contributed by atoms with van der Waals surface area (Å²) in [7, 11) is 0. The molecule has 1 aliphatic heterocycles. The van der Waals surface area contributed by atoms with Gasteiger partial charge in [-0.25, -0.2) is 0 Å². The van der Waals surface area contributed by atoms with Gasteiger partial charge in [0.15, 0.2) is 0 Å². The van der Waals surface area contributed by atoms with Gasteiger partial charge in [-0.1, -0.05) is 39.0 Å². The van der Waals surface area contributed by atoms with Crippen LogP contribution >= 0.6 is 0 Å². The van der Waals surface area contributed by atoms with Crippen LogP contribution in [0.15, 0.2) is 23.9 Å². The van der Waals surface area contributed by atoms with Crippen molar-refractivity contribution in [3.8, 4) is 0 Å². The van der Waals surface area contributed by atoms with Crippen LogP contribution in [-0.2, 0) is 4.79 Å². The van der Waals surface area contributed by atoms with E-state index in [0.717, 1.165) is 31.3 Å². The van der Waals surface area contributed by atoms with Crippen molar-refractivity contribution >= 4 is 5.91 Å². The summed E-state index contributed by atoms with van der Waals surface area (Å²) in [5, 5.41) is 24.9. The summed E-state index contributed by atoms with van der Waals surface area (Å²) in [5.74, 6) is 0.000485. The van der Waals surface area contributed by atoms with Crippen LogP contribution < -0.4 is 5.32 Å². The fraction of sp³-hybridized carbons (Fsp3) is 0.750. The molecule has 1 heterocycles. The fourth-order valence-electron chi connectivity index (χ4n) is 5.22. The normalized spacial score (nSPS) is 42.6. The van der Waals surface area contributed by atoms with Gasteiger partial charge in [0.25, 0.3) is 0 Å². The van der Waals surface area contributed by atoms with E-state index in [-0.39, 0.29) is 23.2 Å². The van der Waals surface area contributed by atoms with Gasteiger partial charge in [-0.3, -0.25) is 4.79 Å². The van der Waals surface area contributed by atoms with Gasteiger partial charge in [-0.05, 0) is 50.4 Å². The lowest BCUT2D eigenvalue weighted by molar-refractivity contribution is -0.147. The summed E-state index contributed by atoms with van der Waals surface area (Å²) >= 11 is 0.